The Hall–Kier alpha value is -1.65. The maximum atomic E-state index is 12.4. The van der Waals surface area contributed by atoms with Gasteiger partial charge in [0.2, 0.25) is 5.91 Å². The number of aromatic nitrogens is 2. The minimum atomic E-state index is 0.0763. The molecule has 1 aromatic heterocycles. The molecule has 0 spiro atoms. The van der Waals surface area contributed by atoms with Crippen LogP contribution in [0, 0.1) is 37.0 Å². The molecule has 1 amide bonds. The van der Waals surface area contributed by atoms with Gasteiger partial charge in [0.25, 0.3) is 0 Å². The second-order valence-electron chi connectivity index (χ2n) is 8.60. The maximum absolute atomic E-state index is 12.4. The summed E-state index contributed by atoms with van der Waals surface area (Å²) in [6, 6.07) is 0. The van der Waals surface area contributed by atoms with E-state index in [0.717, 1.165) is 34.7 Å². The molecule has 4 bridgehead atoms. The Morgan fingerprint density at radius 2 is 1.83 bits per heavy atom. The molecule has 0 aromatic carbocycles. The first-order chi connectivity index (χ1) is 11.4. The van der Waals surface area contributed by atoms with E-state index in [1.807, 2.05) is 25.6 Å². The average Bonchev–Trinajstić information content (AvgIpc) is 2.71. The molecule has 4 aliphatic carbocycles. The summed E-state index contributed by atoms with van der Waals surface area (Å²) in [5.74, 6) is 2.72. The van der Waals surface area contributed by atoms with Crippen molar-refractivity contribution in [3.8, 4) is 0 Å². The van der Waals surface area contributed by atoms with Gasteiger partial charge in [-0.05, 0) is 75.5 Å². The molecule has 5 rings (SSSR count). The van der Waals surface area contributed by atoms with Gasteiger partial charge in [0.1, 0.15) is 0 Å². The third kappa shape index (κ3) is 2.78. The lowest BCUT2D eigenvalue weighted by Crippen LogP contribution is -2.47. The standard InChI is InChI=1S/C19H28N4O/c1-12-17(13(2)23(3)22-12)11-20-21-18(24)10-19-7-14-4-15(8-19)6-16(5-14)9-19/h11,14-16H,4-10H2,1-3H3,(H,21,24)/b20-11-. The van der Waals surface area contributed by atoms with Gasteiger partial charge < -0.3 is 0 Å². The Kier molecular flexibility index (Phi) is 3.77. The summed E-state index contributed by atoms with van der Waals surface area (Å²) in [4.78, 5) is 12.4. The highest BCUT2D eigenvalue weighted by molar-refractivity contribution is 5.84. The van der Waals surface area contributed by atoms with Crippen molar-refractivity contribution in [1.29, 1.82) is 0 Å². The Labute approximate surface area is 143 Å². The lowest BCUT2D eigenvalue weighted by atomic mass is 9.49. The zero-order valence-electron chi connectivity index (χ0n) is 15.0. The molecule has 1 aromatic rings. The summed E-state index contributed by atoms with van der Waals surface area (Å²) in [6.07, 6.45) is 10.4. The monoisotopic (exact) mass is 328 g/mol. The van der Waals surface area contributed by atoms with Crippen LogP contribution in [0.1, 0.15) is 61.9 Å². The second kappa shape index (κ2) is 5.71. The molecule has 4 saturated carbocycles. The quantitative estimate of drug-likeness (QED) is 0.682. The predicted molar refractivity (Wildman–Crippen MR) is 93.6 cm³/mol. The van der Waals surface area contributed by atoms with E-state index in [1.165, 1.54) is 38.5 Å². The van der Waals surface area contributed by atoms with Crippen LogP contribution < -0.4 is 5.43 Å². The zero-order chi connectivity index (χ0) is 16.9. The van der Waals surface area contributed by atoms with Gasteiger partial charge in [0.05, 0.1) is 11.9 Å². The largest absolute Gasteiger partial charge is 0.273 e. The molecule has 1 N–H and O–H groups in total. The van der Waals surface area contributed by atoms with Crippen LogP contribution in [0.4, 0.5) is 0 Å². The fourth-order valence-electron chi connectivity index (χ4n) is 6.03. The van der Waals surface area contributed by atoms with E-state index in [1.54, 1.807) is 6.21 Å². The SMILES string of the molecule is Cc1nn(C)c(C)c1/C=N\NC(=O)CC12CC3CC(CC(C3)C1)C2. The molecule has 0 aliphatic heterocycles. The molecule has 0 atom stereocenters. The molecule has 0 unspecified atom stereocenters. The molecule has 5 nitrogen and oxygen atoms in total. The van der Waals surface area contributed by atoms with E-state index in [-0.39, 0.29) is 11.3 Å². The minimum Gasteiger partial charge on any atom is -0.273 e. The van der Waals surface area contributed by atoms with Crippen LogP contribution >= 0.6 is 0 Å². The zero-order valence-corrected chi connectivity index (χ0v) is 15.0. The van der Waals surface area contributed by atoms with Crippen LogP contribution in [0.2, 0.25) is 0 Å². The summed E-state index contributed by atoms with van der Waals surface area (Å²) in [5, 5.41) is 8.56. The third-order valence-corrected chi connectivity index (χ3v) is 6.65. The number of aryl methyl sites for hydroxylation is 2. The van der Waals surface area contributed by atoms with Gasteiger partial charge in [-0.3, -0.25) is 9.48 Å². The Morgan fingerprint density at radius 1 is 1.25 bits per heavy atom. The number of nitrogens with one attached hydrogen (secondary N) is 1. The van der Waals surface area contributed by atoms with Gasteiger partial charge in [0.15, 0.2) is 0 Å². The average molecular weight is 328 g/mol. The van der Waals surface area contributed by atoms with Crippen molar-refractivity contribution in [3.63, 3.8) is 0 Å². The highest BCUT2D eigenvalue weighted by Crippen LogP contribution is 2.61. The molecule has 130 valence electrons. The number of carbonyl (C=O) groups is 1. The molecule has 5 heteroatoms. The van der Waals surface area contributed by atoms with E-state index in [4.69, 9.17) is 0 Å². The van der Waals surface area contributed by atoms with Gasteiger partial charge in [0, 0.05) is 24.7 Å². The molecule has 0 radical (unpaired) electrons. The smallest absolute Gasteiger partial charge is 0.240 e. The second-order valence-corrected chi connectivity index (χ2v) is 8.60. The van der Waals surface area contributed by atoms with Gasteiger partial charge in [-0.25, -0.2) is 5.43 Å². The van der Waals surface area contributed by atoms with E-state index >= 15 is 0 Å². The van der Waals surface area contributed by atoms with E-state index < -0.39 is 0 Å². The van der Waals surface area contributed by atoms with Crippen LogP contribution in [0.5, 0.6) is 0 Å². The first kappa shape index (κ1) is 15.9. The van der Waals surface area contributed by atoms with Crippen molar-refractivity contribution < 1.29 is 4.79 Å². The Bertz CT molecular complexity index is 652. The van der Waals surface area contributed by atoms with E-state index in [9.17, 15) is 4.79 Å². The topological polar surface area (TPSA) is 59.3 Å². The van der Waals surface area contributed by atoms with Crippen LogP contribution in [0.15, 0.2) is 5.10 Å². The lowest BCUT2D eigenvalue weighted by molar-refractivity contribution is -0.129. The summed E-state index contributed by atoms with van der Waals surface area (Å²) in [5.41, 5.74) is 6.03. The van der Waals surface area contributed by atoms with Crippen molar-refractivity contribution in [2.45, 2.75) is 58.8 Å². The molecular weight excluding hydrogens is 300 g/mol. The van der Waals surface area contributed by atoms with Crippen molar-refractivity contribution in [3.05, 3.63) is 17.0 Å². The fraction of sp³-hybridized carbons (Fsp3) is 0.737. The van der Waals surface area contributed by atoms with Crippen LogP contribution in [-0.4, -0.2) is 21.9 Å². The van der Waals surface area contributed by atoms with Crippen LogP contribution in [0.3, 0.4) is 0 Å². The van der Waals surface area contributed by atoms with Gasteiger partial charge >= 0.3 is 0 Å². The summed E-state index contributed by atoms with van der Waals surface area (Å²) in [7, 11) is 1.92. The fourth-order valence-corrected chi connectivity index (χ4v) is 6.03. The van der Waals surface area contributed by atoms with E-state index in [2.05, 4.69) is 15.6 Å². The molecular formula is C19H28N4O. The highest BCUT2D eigenvalue weighted by Gasteiger charge is 2.51. The number of carbonyl (C=O) groups excluding carboxylic acids is 1. The first-order valence-corrected chi connectivity index (χ1v) is 9.26. The van der Waals surface area contributed by atoms with Crippen LogP contribution in [0.25, 0.3) is 0 Å². The van der Waals surface area contributed by atoms with E-state index in [0.29, 0.717) is 6.42 Å². The molecule has 0 saturated heterocycles. The van der Waals surface area contributed by atoms with Crippen molar-refractivity contribution in [1.82, 2.24) is 15.2 Å². The normalized spacial score (nSPS) is 34.2. The van der Waals surface area contributed by atoms with Gasteiger partial charge in [-0.1, -0.05) is 0 Å². The molecule has 24 heavy (non-hydrogen) atoms. The number of hydrazone groups is 1. The molecule has 1 heterocycles. The van der Waals surface area contributed by atoms with Crippen molar-refractivity contribution in [2.24, 2.45) is 35.3 Å². The maximum Gasteiger partial charge on any atom is 0.240 e. The number of amides is 1. The summed E-state index contributed by atoms with van der Waals surface area (Å²) < 4.78 is 1.84. The highest BCUT2D eigenvalue weighted by atomic mass is 16.2. The number of hydrogen-bond acceptors (Lipinski definition) is 3. The number of nitrogens with zero attached hydrogens (tertiary/aromatic N) is 3. The Morgan fingerprint density at radius 3 is 2.33 bits per heavy atom. The first-order valence-electron chi connectivity index (χ1n) is 9.26. The lowest BCUT2D eigenvalue weighted by Gasteiger charge is -2.56. The number of rotatable bonds is 4. The number of hydrogen-bond donors (Lipinski definition) is 1. The Balaban J connectivity index is 1.38. The van der Waals surface area contributed by atoms with Gasteiger partial charge in [-0.15, -0.1) is 0 Å². The summed E-state index contributed by atoms with van der Waals surface area (Å²) in [6.45, 7) is 3.98. The van der Waals surface area contributed by atoms with Gasteiger partial charge in [-0.2, -0.15) is 10.2 Å². The minimum absolute atomic E-state index is 0.0763. The van der Waals surface area contributed by atoms with Crippen molar-refractivity contribution >= 4 is 12.1 Å². The summed E-state index contributed by atoms with van der Waals surface area (Å²) >= 11 is 0. The molecule has 4 fully saturated rings. The van der Waals surface area contributed by atoms with Crippen molar-refractivity contribution in [2.75, 3.05) is 0 Å². The molecule has 4 aliphatic rings. The predicted octanol–water partition coefficient (Wildman–Crippen LogP) is 3.09. The van der Waals surface area contributed by atoms with Crippen LogP contribution in [-0.2, 0) is 11.8 Å². The third-order valence-electron chi connectivity index (χ3n) is 6.65.